The molecule has 5 atom stereocenters. The summed E-state index contributed by atoms with van der Waals surface area (Å²) in [6.45, 7) is 4.17. The first-order valence-corrected chi connectivity index (χ1v) is 13.2. The van der Waals surface area contributed by atoms with Gasteiger partial charge in [0.2, 0.25) is 0 Å². The smallest absolute Gasteiger partial charge is 0.180 e. The van der Waals surface area contributed by atoms with Crippen LogP contribution in [0.4, 0.5) is 0 Å². The van der Waals surface area contributed by atoms with Crippen molar-refractivity contribution in [1.82, 2.24) is 10.1 Å². The highest BCUT2D eigenvalue weighted by atomic mass is 17.0. The number of hydrogen-bond acceptors (Lipinski definition) is 6. The Kier molecular flexibility index (Phi) is 8.62. The maximum absolute atomic E-state index is 9.64. The van der Waals surface area contributed by atoms with E-state index >= 15 is 0 Å². The Bertz CT molecular complexity index is 1100. The molecule has 0 saturated carbocycles. The molecule has 2 heterocycles. The molecule has 0 unspecified atom stereocenters. The molecule has 3 aromatic rings. The minimum absolute atomic E-state index is 0.0240. The van der Waals surface area contributed by atoms with Crippen LogP contribution >= 0.6 is 0 Å². The molecule has 0 bridgehead atoms. The average molecular weight is 498 g/mol. The van der Waals surface area contributed by atoms with Gasteiger partial charge in [-0.15, -0.1) is 0 Å². The summed E-state index contributed by atoms with van der Waals surface area (Å²) in [4.78, 5) is 14.5. The average Bonchev–Trinajstić information content (AvgIpc) is 3.36. The van der Waals surface area contributed by atoms with Crippen LogP contribution in [0.2, 0.25) is 0 Å². The highest BCUT2D eigenvalue weighted by Crippen LogP contribution is 2.40. The lowest BCUT2D eigenvalue weighted by Gasteiger charge is -2.45. The molecular formula is C31H35N3O3. The van der Waals surface area contributed by atoms with Gasteiger partial charge in [0.25, 0.3) is 0 Å². The second-order valence-corrected chi connectivity index (χ2v) is 9.83. The molecule has 2 fully saturated rings. The maximum Gasteiger partial charge on any atom is 0.180 e. The Morgan fingerprint density at radius 1 is 0.865 bits per heavy atom. The summed E-state index contributed by atoms with van der Waals surface area (Å²) in [5.41, 5.74) is 3.85. The van der Waals surface area contributed by atoms with Gasteiger partial charge in [-0.2, -0.15) is 5.26 Å². The summed E-state index contributed by atoms with van der Waals surface area (Å²) in [6, 6.07) is 34.4. The molecule has 0 aromatic heterocycles. The quantitative estimate of drug-likeness (QED) is 0.368. The molecule has 0 spiro atoms. The molecule has 37 heavy (non-hydrogen) atoms. The molecule has 6 heteroatoms. The fraction of sp³-hybridized carbons (Fsp3) is 0.387. The van der Waals surface area contributed by atoms with E-state index in [1.54, 1.807) is 5.23 Å². The molecule has 5 rings (SSSR count). The van der Waals surface area contributed by atoms with Crippen molar-refractivity contribution in [2.75, 3.05) is 6.61 Å². The van der Waals surface area contributed by atoms with Gasteiger partial charge in [-0.05, 0) is 30.0 Å². The van der Waals surface area contributed by atoms with Crippen molar-refractivity contribution >= 4 is 0 Å². The number of fused-ring (bicyclic) bond motifs is 1. The molecule has 2 aliphatic heterocycles. The van der Waals surface area contributed by atoms with Crippen LogP contribution in [0.15, 0.2) is 91.0 Å². The van der Waals surface area contributed by atoms with Gasteiger partial charge in [-0.3, -0.25) is 9.74 Å². The largest absolute Gasteiger partial charge is 0.351 e. The van der Waals surface area contributed by atoms with Gasteiger partial charge in [0.05, 0.1) is 12.1 Å². The Morgan fingerprint density at radius 3 is 1.97 bits per heavy atom. The molecule has 0 radical (unpaired) electrons. The van der Waals surface area contributed by atoms with Gasteiger partial charge in [-0.1, -0.05) is 96.2 Å². The predicted octanol–water partition coefficient (Wildman–Crippen LogP) is 5.51. The van der Waals surface area contributed by atoms with Crippen molar-refractivity contribution in [3.63, 3.8) is 0 Å². The fourth-order valence-corrected chi connectivity index (χ4v) is 5.63. The van der Waals surface area contributed by atoms with E-state index in [1.165, 1.54) is 16.7 Å². The van der Waals surface area contributed by atoms with Gasteiger partial charge in [-0.25, -0.2) is 4.84 Å². The summed E-state index contributed by atoms with van der Waals surface area (Å²) >= 11 is 0. The van der Waals surface area contributed by atoms with Crippen molar-refractivity contribution in [2.45, 2.75) is 63.8 Å². The third kappa shape index (κ3) is 6.45. The van der Waals surface area contributed by atoms with Gasteiger partial charge in [0.1, 0.15) is 0 Å². The van der Waals surface area contributed by atoms with Gasteiger partial charge in [0.15, 0.2) is 12.4 Å². The number of hydrogen-bond donors (Lipinski definition) is 0. The molecule has 0 aliphatic carbocycles. The number of nitrogens with zero attached hydrogens (tertiary/aromatic N) is 3. The lowest BCUT2D eigenvalue weighted by molar-refractivity contribution is -0.441. The first-order chi connectivity index (χ1) is 18.2. The van der Waals surface area contributed by atoms with Gasteiger partial charge in [0, 0.05) is 44.5 Å². The minimum atomic E-state index is -0.512. The molecule has 6 nitrogen and oxygen atoms in total. The number of nitriles is 1. The van der Waals surface area contributed by atoms with Crippen LogP contribution in [0.3, 0.4) is 0 Å². The van der Waals surface area contributed by atoms with Crippen molar-refractivity contribution in [3.8, 4) is 6.07 Å². The summed E-state index contributed by atoms with van der Waals surface area (Å²) in [6.07, 6.45) is 1.33. The Balaban J connectivity index is 1.53. The molecule has 2 saturated heterocycles. The van der Waals surface area contributed by atoms with Crippen LogP contribution in [-0.4, -0.2) is 41.2 Å². The second-order valence-electron chi connectivity index (χ2n) is 9.83. The summed E-state index contributed by atoms with van der Waals surface area (Å²) in [5, 5.41) is 11.2. The SMILES string of the molecule is CCO[C@@H]1C[C@H]([C@H](Cc2ccccc2)N(Cc2ccccc2)Cc2ccccc2)[C@H]2C[C@H](C#N)ON2O1. The van der Waals surface area contributed by atoms with Crippen molar-refractivity contribution < 1.29 is 14.4 Å². The lowest BCUT2D eigenvalue weighted by Crippen LogP contribution is -2.54. The number of benzene rings is 3. The highest BCUT2D eigenvalue weighted by Gasteiger charge is 2.49. The van der Waals surface area contributed by atoms with Gasteiger partial charge >= 0.3 is 0 Å². The molecule has 2 aliphatic rings. The minimum Gasteiger partial charge on any atom is -0.351 e. The van der Waals surface area contributed by atoms with Crippen molar-refractivity contribution in [3.05, 3.63) is 108 Å². The molecule has 0 amide bonds. The summed E-state index contributed by atoms with van der Waals surface area (Å²) in [5.74, 6) is 0.177. The Labute approximate surface area is 219 Å². The monoisotopic (exact) mass is 497 g/mol. The molecule has 192 valence electrons. The van der Waals surface area contributed by atoms with Crippen molar-refractivity contribution in [2.24, 2.45) is 5.92 Å². The van der Waals surface area contributed by atoms with Crippen LogP contribution in [-0.2, 0) is 33.9 Å². The zero-order chi connectivity index (χ0) is 25.5. The normalized spacial score (nSPS) is 24.5. The van der Waals surface area contributed by atoms with Crippen LogP contribution in [0.5, 0.6) is 0 Å². The predicted molar refractivity (Wildman–Crippen MR) is 141 cm³/mol. The summed E-state index contributed by atoms with van der Waals surface area (Å²) < 4.78 is 5.96. The van der Waals surface area contributed by atoms with Gasteiger partial charge < -0.3 is 4.74 Å². The number of rotatable bonds is 10. The Hall–Kier alpha value is -3.05. The van der Waals surface area contributed by atoms with E-state index in [-0.39, 0.29) is 18.0 Å². The van der Waals surface area contributed by atoms with Crippen LogP contribution in [0.25, 0.3) is 0 Å². The van der Waals surface area contributed by atoms with Crippen molar-refractivity contribution in [1.29, 1.82) is 5.26 Å². The third-order valence-electron chi connectivity index (χ3n) is 7.34. The lowest BCUT2D eigenvalue weighted by atomic mass is 9.81. The molecular weight excluding hydrogens is 462 g/mol. The maximum atomic E-state index is 9.64. The third-order valence-corrected chi connectivity index (χ3v) is 7.34. The molecule has 3 aromatic carbocycles. The number of hydroxylamine groups is 2. The van der Waals surface area contributed by atoms with E-state index in [0.717, 1.165) is 25.9 Å². The van der Waals surface area contributed by atoms with Crippen LogP contribution in [0, 0.1) is 17.2 Å². The van der Waals surface area contributed by atoms with E-state index in [2.05, 4.69) is 102 Å². The zero-order valence-corrected chi connectivity index (χ0v) is 21.4. The standard InChI is InChI=1S/C31H35N3O3/c1-2-35-31-20-28(30-19-27(21-32)36-34(30)37-31)29(18-24-12-6-3-7-13-24)33(22-25-14-8-4-9-15-25)23-26-16-10-5-11-17-26/h3-17,27-31H,2,18-20,22-23H2,1H3/t27-,28-,29+,30-,31+/m1/s1. The van der Waals surface area contributed by atoms with E-state index in [4.69, 9.17) is 14.4 Å². The fourth-order valence-electron chi connectivity index (χ4n) is 5.63. The Morgan fingerprint density at radius 2 is 1.43 bits per heavy atom. The first kappa shape index (κ1) is 25.6. The molecule has 0 N–H and O–H groups in total. The zero-order valence-electron chi connectivity index (χ0n) is 21.4. The topological polar surface area (TPSA) is 58.0 Å². The second kappa shape index (κ2) is 12.5. The van der Waals surface area contributed by atoms with E-state index in [9.17, 15) is 5.26 Å². The van der Waals surface area contributed by atoms with E-state index < -0.39 is 12.4 Å². The summed E-state index contributed by atoms with van der Waals surface area (Å²) in [7, 11) is 0. The van der Waals surface area contributed by atoms with Crippen LogP contribution in [0.1, 0.15) is 36.5 Å². The van der Waals surface area contributed by atoms with Crippen LogP contribution < -0.4 is 0 Å². The van der Waals surface area contributed by atoms with E-state index in [1.807, 2.05) is 6.92 Å². The first-order valence-electron chi connectivity index (χ1n) is 13.2. The van der Waals surface area contributed by atoms with E-state index in [0.29, 0.717) is 13.0 Å². The number of ether oxygens (including phenoxy) is 1. The highest BCUT2D eigenvalue weighted by molar-refractivity contribution is 5.20.